The number of hydrogen-bond donors (Lipinski definition) is 4. The zero-order valence-corrected chi connectivity index (χ0v) is 28.4. The Hall–Kier alpha value is -2.04. The highest BCUT2D eigenvalue weighted by Gasteiger charge is 2.45. The fourth-order valence-corrected chi connectivity index (χ4v) is 7.08. The van der Waals surface area contributed by atoms with Crippen molar-refractivity contribution in [3.63, 3.8) is 0 Å². The molecule has 1 aromatic carbocycles. The Balaban J connectivity index is 1.52. The van der Waals surface area contributed by atoms with Gasteiger partial charge < -0.3 is 25.4 Å². The van der Waals surface area contributed by atoms with E-state index in [4.69, 9.17) is 4.74 Å². The molecular weight excluding hydrogens is 554 g/mol. The van der Waals surface area contributed by atoms with Gasteiger partial charge in [-0.25, -0.2) is 0 Å². The Morgan fingerprint density at radius 1 is 1.05 bits per heavy atom. The van der Waals surface area contributed by atoms with E-state index in [2.05, 4.69) is 25.8 Å². The lowest BCUT2D eigenvalue weighted by Gasteiger charge is -2.47. The lowest BCUT2D eigenvalue weighted by molar-refractivity contribution is -0.133. The number of carbonyl (C=O) groups is 2. The first-order chi connectivity index (χ1) is 20.6. The second kappa shape index (κ2) is 14.6. The Bertz CT molecular complexity index is 1080. The molecule has 0 radical (unpaired) electrons. The van der Waals surface area contributed by atoms with Crippen molar-refractivity contribution in [1.29, 1.82) is 0 Å². The number of β-amino-alcohol motifs (C(OH)–C–C–N with tert-alkyl or cyclic N) is 1. The van der Waals surface area contributed by atoms with Gasteiger partial charge in [0.05, 0.1) is 24.2 Å². The summed E-state index contributed by atoms with van der Waals surface area (Å²) in [5.74, 6) is 0.975. The van der Waals surface area contributed by atoms with Crippen molar-refractivity contribution in [2.75, 3.05) is 33.7 Å². The maximum atomic E-state index is 14.0. The molecule has 2 amide bonds. The number of piperidine rings is 1. The van der Waals surface area contributed by atoms with Gasteiger partial charge in [-0.3, -0.25) is 19.8 Å². The van der Waals surface area contributed by atoms with Crippen LogP contribution in [0.3, 0.4) is 0 Å². The molecule has 4 N–H and O–H groups in total. The summed E-state index contributed by atoms with van der Waals surface area (Å²) in [6, 6.07) is 8.68. The zero-order valence-electron chi connectivity index (χ0n) is 28.4. The van der Waals surface area contributed by atoms with Gasteiger partial charge in [0.2, 0.25) is 11.8 Å². The number of aliphatic hydroxyl groups is 1. The fourth-order valence-electron chi connectivity index (χ4n) is 7.08. The fraction of sp³-hybridized carbons (Fsp3) is 0.771. The SMILES string of the molecule is CN(C)CC1OC1N[C@@H](C(=O)N[C@@H](Cc1ccccc1)[C@H](O)CN1C[C@H]2CCCC[C@H]2C[C@@H]1C(=O)NC(C)(C)C)C(C)(C)C. The van der Waals surface area contributed by atoms with Crippen LogP contribution in [0.2, 0.25) is 0 Å². The molecule has 1 aromatic rings. The molecular formula is C35H59N5O4. The largest absolute Gasteiger partial charge is 0.390 e. The first kappa shape index (κ1) is 34.8. The van der Waals surface area contributed by atoms with E-state index in [0.29, 0.717) is 24.8 Å². The van der Waals surface area contributed by atoms with Gasteiger partial charge in [-0.2, -0.15) is 0 Å². The molecule has 2 saturated heterocycles. The lowest BCUT2D eigenvalue weighted by atomic mass is 9.72. The topological polar surface area (TPSA) is 109 Å². The molecule has 2 heterocycles. The molecule has 3 aliphatic rings. The Labute approximate surface area is 265 Å². The predicted molar refractivity (Wildman–Crippen MR) is 175 cm³/mol. The summed E-state index contributed by atoms with van der Waals surface area (Å²) in [5, 5.41) is 21.8. The number of fused-ring (bicyclic) bond motifs is 1. The van der Waals surface area contributed by atoms with Gasteiger partial charge in [0.15, 0.2) is 0 Å². The normalized spacial score (nSPS) is 28.1. The molecule has 2 unspecified atom stereocenters. The number of epoxide rings is 1. The minimum Gasteiger partial charge on any atom is -0.390 e. The number of nitrogens with one attached hydrogen (secondary N) is 3. The Morgan fingerprint density at radius 3 is 2.32 bits per heavy atom. The number of likely N-dealkylation sites (tertiary alicyclic amines) is 1. The van der Waals surface area contributed by atoms with Crippen LogP contribution < -0.4 is 16.0 Å². The number of hydrogen-bond acceptors (Lipinski definition) is 7. The van der Waals surface area contributed by atoms with Crippen LogP contribution in [0.25, 0.3) is 0 Å². The van der Waals surface area contributed by atoms with Crippen molar-refractivity contribution < 1.29 is 19.4 Å². The van der Waals surface area contributed by atoms with Crippen LogP contribution in [0.5, 0.6) is 0 Å². The van der Waals surface area contributed by atoms with Crippen molar-refractivity contribution in [2.45, 2.75) is 122 Å². The van der Waals surface area contributed by atoms with Crippen LogP contribution in [0.1, 0.15) is 79.2 Å². The van der Waals surface area contributed by atoms with Gasteiger partial charge in [-0.1, -0.05) is 70.4 Å². The third-order valence-electron chi connectivity index (χ3n) is 9.40. The summed E-state index contributed by atoms with van der Waals surface area (Å²) in [6.45, 7) is 14.1. The van der Waals surface area contributed by atoms with E-state index in [1.165, 1.54) is 25.7 Å². The van der Waals surface area contributed by atoms with Crippen LogP contribution in [0.4, 0.5) is 0 Å². The molecule has 248 valence electrons. The summed E-state index contributed by atoms with van der Waals surface area (Å²) in [5.41, 5.74) is 0.335. The molecule has 44 heavy (non-hydrogen) atoms. The molecule has 9 nitrogen and oxygen atoms in total. The number of nitrogens with zero attached hydrogens (tertiary/aromatic N) is 2. The number of aliphatic hydroxyl groups excluding tert-OH is 1. The lowest BCUT2D eigenvalue weighted by Crippen LogP contribution is -2.61. The van der Waals surface area contributed by atoms with Crippen molar-refractivity contribution >= 4 is 11.8 Å². The van der Waals surface area contributed by atoms with Gasteiger partial charge in [-0.15, -0.1) is 0 Å². The molecule has 4 rings (SSSR count). The highest BCUT2D eigenvalue weighted by Crippen LogP contribution is 2.39. The van der Waals surface area contributed by atoms with Crippen molar-refractivity contribution in [3.8, 4) is 0 Å². The average Bonchev–Trinajstić information content (AvgIpc) is 3.66. The Kier molecular flexibility index (Phi) is 11.5. The molecule has 2 aliphatic heterocycles. The Morgan fingerprint density at radius 2 is 1.70 bits per heavy atom. The quantitative estimate of drug-likeness (QED) is 0.268. The van der Waals surface area contributed by atoms with Gasteiger partial charge in [0.1, 0.15) is 12.3 Å². The second-order valence-corrected chi connectivity index (χ2v) is 15.9. The molecule has 0 spiro atoms. The van der Waals surface area contributed by atoms with E-state index < -0.39 is 18.2 Å². The van der Waals surface area contributed by atoms with Crippen LogP contribution in [-0.2, 0) is 20.7 Å². The van der Waals surface area contributed by atoms with Crippen molar-refractivity contribution in [2.24, 2.45) is 17.3 Å². The van der Waals surface area contributed by atoms with E-state index in [0.717, 1.165) is 25.1 Å². The summed E-state index contributed by atoms with van der Waals surface area (Å²) in [6.07, 6.45) is 5.13. The van der Waals surface area contributed by atoms with Gasteiger partial charge in [0, 0.05) is 25.2 Å². The molecule has 0 bridgehead atoms. The third kappa shape index (κ3) is 9.98. The number of benzene rings is 1. The van der Waals surface area contributed by atoms with Gasteiger partial charge >= 0.3 is 0 Å². The van der Waals surface area contributed by atoms with E-state index in [1.54, 1.807) is 0 Å². The van der Waals surface area contributed by atoms with E-state index in [-0.39, 0.29) is 41.1 Å². The average molecular weight is 614 g/mol. The summed E-state index contributed by atoms with van der Waals surface area (Å²) >= 11 is 0. The highest BCUT2D eigenvalue weighted by atomic mass is 16.6. The molecule has 0 aromatic heterocycles. The van der Waals surface area contributed by atoms with E-state index in [1.807, 2.05) is 86.0 Å². The number of ether oxygens (including phenoxy) is 1. The van der Waals surface area contributed by atoms with Gasteiger partial charge in [0.25, 0.3) is 0 Å². The smallest absolute Gasteiger partial charge is 0.238 e. The first-order valence-electron chi connectivity index (χ1n) is 16.8. The van der Waals surface area contributed by atoms with Gasteiger partial charge in [-0.05, 0) is 76.9 Å². The molecule has 9 heteroatoms. The van der Waals surface area contributed by atoms with Crippen LogP contribution in [0, 0.1) is 17.3 Å². The van der Waals surface area contributed by atoms with Crippen LogP contribution in [0.15, 0.2) is 30.3 Å². The summed E-state index contributed by atoms with van der Waals surface area (Å²) in [4.78, 5) is 31.8. The molecule has 8 atom stereocenters. The molecule has 3 fully saturated rings. The molecule has 1 saturated carbocycles. The zero-order chi connectivity index (χ0) is 32.2. The van der Waals surface area contributed by atoms with Crippen LogP contribution in [-0.4, -0.2) is 103 Å². The third-order valence-corrected chi connectivity index (χ3v) is 9.40. The number of amides is 2. The summed E-state index contributed by atoms with van der Waals surface area (Å²) < 4.78 is 5.84. The maximum Gasteiger partial charge on any atom is 0.238 e. The van der Waals surface area contributed by atoms with Crippen molar-refractivity contribution in [1.82, 2.24) is 25.8 Å². The second-order valence-electron chi connectivity index (χ2n) is 15.9. The van der Waals surface area contributed by atoms with E-state index in [9.17, 15) is 14.7 Å². The van der Waals surface area contributed by atoms with Crippen molar-refractivity contribution in [3.05, 3.63) is 35.9 Å². The number of likely N-dealkylation sites (N-methyl/N-ethyl adjacent to an activating group) is 1. The minimum atomic E-state index is -0.858. The number of rotatable bonds is 12. The maximum absolute atomic E-state index is 14.0. The summed E-state index contributed by atoms with van der Waals surface area (Å²) in [7, 11) is 4.02. The number of carbonyl (C=O) groups excluding carboxylic acids is 2. The van der Waals surface area contributed by atoms with Crippen LogP contribution >= 0.6 is 0 Å². The molecule has 1 aliphatic carbocycles. The minimum absolute atomic E-state index is 0.0334. The van der Waals surface area contributed by atoms with E-state index >= 15 is 0 Å². The predicted octanol–water partition coefficient (Wildman–Crippen LogP) is 3.16. The highest BCUT2D eigenvalue weighted by molar-refractivity contribution is 5.83. The standard InChI is InChI=1S/C35H59N5O4/c1-34(2,3)30(37-33-29(44-33)22-39(7)8)32(43)36-26(18-23-14-10-9-11-15-23)28(41)21-40-20-25-17-13-12-16-24(25)19-27(40)31(42)38-35(4,5)6/h9-11,14-15,24-30,33,37,41H,12-13,16-22H2,1-8H3,(H,36,43)(H,38,42)/t24-,25+,26-,27+,28+,29?,30-,33?/m0/s1. The monoisotopic (exact) mass is 613 g/mol. The first-order valence-corrected chi connectivity index (χ1v) is 16.8.